The second-order valence-electron chi connectivity index (χ2n) is 9.97. The van der Waals surface area contributed by atoms with Gasteiger partial charge >= 0.3 is 0 Å². The van der Waals surface area contributed by atoms with Crippen LogP contribution in [-0.4, -0.2) is 71.5 Å². The van der Waals surface area contributed by atoms with Gasteiger partial charge in [0.15, 0.2) is 4.34 Å². The van der Waals surface area contributed by atoms with Gasteiger partial charge < -0.3 is 20.4 Å². The number of hydrogen-bond acceptors (Lipinski definition) is 7. The molecule has 0 atom stereocenters. The summed E-state index contributed by atoms with van der Waals surface area (Å²) < 4.78 is 1.67. The third kappa shape index (κ3) is 6.70. The summed E-state index contributed by atoms with van der Waals surface area (Å²) in [7, 11) is 2.04. The number of rotatable bonds is 7. The molecule has 2 heterocycles. The van der Waals surface area contributed by atoms with Crippen LogP contribution in [0.1, 0.15) is 31.8 Å². The average Bonchev–Trinajstić information content (AvgIpc) is 3.34. The Morgan fingerprint density at radius 3 is 2.30 bits per heavy atom. The van der Waals surface area contributed by atoms with Gasteiger partial charge in [0, 0.05) is 37.6 Å². The summed E-state index contributed by atoms with van der Waals surface area (Å²) in [5.74, 6) is -0.305. The Bertz CT molecular complexity index is 1560. The summed E-state index contributed by atoms with van der Waals surface area (Å²) in [5.41, 5.74) is 5.16. The Balaban J connectivity index is 1.23. The maximum Gasteiger partial charge on any atom is 0.256 e. The van der Waals surface area contributed by atoms with E-state index in [4.69, 9.17) is 0 Å². The highest BCUT2D eigenvalue weighted by molar-refractivity contribution is 8.01. The molecule has 0 unspecified atom stereocenters. The van der Waals surface area contributed by atoms with Crippen LogP contribution in [-0.2, 0) is 4.79 Å². The van der Waals surface area contributed by atoms with Crippen molar-refractivity contribution in [1.29, 1.82) is 0 Å². The predicted octanol–water partition coefficient (Wildman–Crippen LogP) is 5.28. The molecule has 0 spiro atoms. The third-order valence-electron chi connectivity index (χ3n) is 6.65. The normalized spacial score (nSPS) is 13.8. The molecule has 4 aromatic rings. The number of anilines is 2. The van der Waals surface area contributed by atoms with E-state index in [0.29, 0.717) is 29.9 Å². The van der Waals surface area contributed by atoms with Gasteiger partial charge in [-0.1, -0.05) is 30.0 Å². The number of thioether (sulfide) groups is 1. The Kier molecular flexibility index (Phi) is 8.49. The number of aryl methyl sites for hydroxylation is 2. The van der Waals surface area contributed by atoms with E-state index in [1.807, 2.05) is 45.2 Å². The van der Waals surface area contributed by atoms with Gasteiger partial charge in [-0.3, -0.25) is 14.4 Å². The van der Waals surface area contributed by atoms with Crippen molar-refractivity contribution < 1.29 is 14.4 Å². The largest absolute Gasteiger partial charge is 0.336 e. The van der Waals surface area contributed by atoms with Gasteiger partial charge in [-0.15, -0.1) is 11.3 Å². The molecule has 1 fully saturated rings. The molecule has 1 aliphatic heterocycles. The minimum atomic E-state index is -0.334. The Labute approximate surface area is 241 Å². The number of nitrogens with zero attached hydrogens (tertiary/aromatic N) is 3. The molecule has 0 aliphatic carbocycles. The number of likely N-dealkylation sites (N-methyl/N-ethyl adjacent to an activating group) is 1. The average molecular weight is 574 g/mol. The number of amides is 3. The summed E-state index contributed by atoms with van der Waals surface area (Å²) in [6, 6.07) is 18.4. The van der Waals surface area contributed by atoms with Crippen LogP contribution in [0.25, 0.3) is 10.2 Å². The SMILES string of the molecule is Cc1cc(C)cc(NC(=O)CSc2nc3ccc(NC(=O)c4ccccc4C(=O)N4CCN(C)CC4)cc3s2)c1. The standard InChI is InChI=1S/C30H31N5O3S2/c1-19-14-20(2)16-22(15-19)31-27(36)18-39-30-33-25-9-8-21(17-26(25)40-30)32-28(37)23-6-4-5-7-24(23)29(38)35-12-10-34(3)11-13-35/h4-9,14-17H,10-13,18H2,1-3H3,(H,31,36)(H,32,37). The first-order chi connectivity index (χ1) is 19.2. The second kappa shape index (κ2) is 12.2. The van der Waals surface area contributed by atoms with E-state index in [2.05, 4.69) is 26.6 Å². The molecule has 8 nitrogen and oxygen atoms in total. The van der Waals surface area contributed by atoms with Crippen LogP contribution >= 0.6 is 23.1 Å². The van der Waals surface area contributed by atoms with Gasteiger partial charge in [0.1, 0.15) is 0 Å². The molecule has 40 heavy (non-hydrogen) atoms. The van der Waals surface area contributed by atoms with Gasteiger partial charge in [0.2, 0.25) is 5.91 Å². The zero-order chi connectivity index (χ0) is 28.2. The van der Waals surface area contributed by atoms with Crippen LogP contribution in [0, 0.1) is 13.8 Å². The van der Waals surface area contributed by atoms with Crippen LogP contribution < -0.4 is 10.6 Å². The number of benzene rings is 3. The summed E-state index contributed by atoms with van der Waals surface area (Å²) in [6.07, 6.45) is 0. The summed E-state index contributed by atoms with van der Waals surface area (Å²) >= 11 is 2.85. The molecular weight excluding hydrogens is 542 g/mol. The molecule has 1 aliphatic rings. The van der Waals surface area contributed by atoms with Gasteiger partial charge in [0.05, 0.1) is 27.1 Å². The number of hydrogen-bond donors (Lipinski definition) is 2. The first kappa shape index (κ1) is 27.8. The first-order valence-corrected chi connectivity index (χ1v) is 14.8. The van der Waals surface area contributed by atoms with E-state index >= 15 is 0 Å². The predicted molar refractivity (Wildman–Crippen MR) is 163 cm³/mol. The van der Waals surface area contributed by atoms with E-state index in [9.17, 15) is 14.4 Å². The number of aromatic nitrogens is 1. The van der Waals surface area contributed by atoms with Crippen LogP contribution in [0.5, 0.6) is 0 Å². The van der Waals surface area contributed by atoms with Crippen LogP contribution in [0.2, 0.25) is 0 Å². The van der Waals surface area contributed by atoms with Crippen molar-refractivity contribution in [3.63, 3.8) is 0 Å². The zero-order valence-electron chi connectivity index (χ0n) is 22.7. The highest BCUT2D eigenvalue weighted by Crippen LogP contribution is 2.31. The summed E-state index contributed by atoms with van der Waals surface area (Å²) in [5, 5.41) is 5.89. The monoisotopic (exact) mass is 573 g/mol. The van der Waals surface area contributed by atoms with Crippen molar-refractivity contribution in [3.05, 3.63) is 82.9 Å². The lowest BCUT2D eigenvalue weighted by Gasteiger charge is -2.32. The van der Waals surface area contributed by atoms with E-state index in [1.54, 1.807) is 35.2 Å². The number of carbonyl (C=O) groups is 3. The fourth-order valence-electron chi connectivity index (χ4n) is 4.66. The van der Waals surface area contributed by atoms with Gasteiger partial charge in [-0.2, -0.15) is 0 Å². The molecule has 3 aromatic carbocycles. The topological polar surface area (TPSA) is 94.6 Å². The maximum absolute atomic E-state index is 13.2. The molecule has 206 valence electrons. The summed E-state index contributed by atoms with van der Waals surface area (Å²) in [4.78, 5) is 47.5. The molecule has 2 N–H and O–H groups in total. The van der Waals surface area contributed by atoms with Crippen molar-refractivity contribution in [3.8, 4) is 0 Å². The Morgan fingerprint density at radius 1 is 0.875 bits per heavy atom. The van der Waals surface area contributed by atoms with E-state index in [-0.39, 0.29) is 23.5 Å². The molecule has 10 heteroatoms. The minimum Gasteiger partial charge on any atom is -0.336 e. The second-order valence-corrected chi connectivity index (χ2v) is 12.2. The van der Waals surface area contributed by atoms with Gasteiger partial charge in [-0.25, -0.2) is 4.98 Å². The number of thiazole rings is 1. The molecular formula is C30H31N5O3S2. The molecule has 1 saturated heterocycles. The van der Waals surface area contributed by atoms with E-state index < -0.39 is 0 Å². The van der Waals surface area contributed by atoms with Crippen LogP contribution in [0.4, 0.5) is 11.4 Å². The molecule has 0 saturated carbocycles. The Hall–Kier alpha value is -3.73. The van der Waals surface area contributed by atoms with Crippen molar-refractivity contribution in [2.24, 2.45) is 0 Å². The molecule has 1 aromatic heterocycles. The van der Waals surface area contributed by atoms with Crippen molar-refractivity contribution in [2.75, 3.05) is 49.6 Å². The minimum absolute atomic E-state index is 0.0907. The fraction of sp³-hybridized carbons (Fsp3) is 0.267. The lowest BCUT2D eigenvalue weighted by molar-refractivity contribution is -0.113. The van der Waals surface area contributed by atoms with Crippen molar-refractivity contribution >= 4 is 62.4 Å². The molecule has 3 amide bonds. The van der Waals surface area contributed by atoms with Crippen molar-refractivity contribution in [1.82, 2.24) is 14.8 Å². The van der Waals surface area contributed by atoms with Crippen LogP contribution in [0.3, 0.4) is 0 Å². The number of carbonyl (C=O) groups excluding carboxylic acids is 3. The number of fused-ring (bicyclic) bond motifs is 1. The lowest BCUT2D eigenvalue weighted by Crippen LogP contribution is -2.47. The van der Waals surface area contributed by atoms with Crippen LogP contribution in [0.15, 0.2) is 65.0 Å². The lowest BCUT2D eigenvalue weighted by atomic mass is 10.0. The first-order valence-electron chi connectivity index (χ1n) is 13.0. The zero-order valence-corrected chi connectivity index (χ0v) is 24.3. The van der Waals surface area contributed by atoms with E-state index in [1.165, 1.54) is 23.1 Å². The Morgan fingerprint density at radius 2 is 1.57 bits per heavy atom. The number of nitrogens with one attached hydrogen (secondary N) is 2. The van der Waals surface area contributed by atoms with Gasteiger partial charge in [-0.05, 0) is 74.5 Å². The quantitative estimate of drug-likeness (QED) is 0.292. The maximum atomic E-state index is 13.2. The summed E-state index contributed by atoms with van der Waals surface area (Å²) in [6.45, 7) is 6.91. The highest BCUT2D eigenvalue weighted by Gasteiger charge is 2.24. The fourth-order valence-corrected chi connectivity index (χ4v) is 6.57. The third-order valence-corrected chi connectivity index (χ3v) is 8.81. The number of piperazine rings is 1. The molecule has 0 bridgehead atoms. The molecule has 0 radical (unpaired) electrons. The smallest absolute Gasteiger partial charge is 0.256 e. The highest BCUT2D eigenvalue weighted by atomic mass is 32.2. The molecule has 5 rings (SSSR count). The van der Waals surface area contributed by atoms with E-state index in [0.717, 1.165) is 44.5 Å². The van der Waals surface area contributed by atoms with Gasteiger partial charge in [0.25, 0.3) is 11.8 Å². The van der Waals surface area contributed by atoms with Crippen molar-refractivity contribution in [2.45, 2.75) is 18.2 Å².